The van der Waals surface area contributed by atoms with Crippen LogP contribution in [-0.2, 0) is 27.1 Å². The lowest BCUT2D eigenvalue weighted by Gasteiger charge is -2.42. The maximum Gasteiger partial charge on any atom is 0.332 e. The Morgan fingerprint density at radius 3 is 1.69 bits per heavy atom. The van der Waals surface area contributed by atoms with Crippen molar-refractivity contribution in [2.24, 2.45) is 0 Å². The van der Waals surface area contributed by atoms with Crippen molar-refractivity contribution in [1.82, 2.24) is 4.48 Å². The third-order valence-electron chi connectivity index (χ3n) is 19.5. The molecule has 81 heavy (non-hydrogen) atoms. The third kappa shape index (κ3) is 7.82. The van der Waals surface area contributed by atoms with Crippen molar-refractivity contribution in [3.63, 3.8) is 0 Å². The van der Waals surface area contributed by atoms with Crippen LogP contribution in [0.15, 0.2) is 182 Å². The summed E-state index contributed by atoms with van der Waals surface area (Å²) in [6.45, 7) is 33.0. The van der Waals surface area contributed by atoms with Gasteiger partial charge in [-0.05, 0) is 192 Å². The number of nitrogens with zero attached hydrogens (tertiary/aromatic N) is 3. The van der Waals surface area contributed by atoms with Crippen molar-refractivity contribution in [2.75, 3.05) is 9.80 Å². The van der Waals surface area contributed by atoms with Crippen molar-refractivity contribution in [3.8, 4) is 44.5 Å². The number of aromatic nitrogens is 1. The van der Waals surface area contributed by atoms with E-state index >= 15 is 0 Å². The molecule has 4 aliphatic rings. The van der Waals surface area contributed by atoms with Gasteiger partial charge in [-0.1, -0.05) is 204 Å². The van der Waals surface area contributed by atoms with Crippen LogP contribution in [0.1, 0.15) is 141 Å². The molecule has 2 aliphatic heterocycles. The van der Waals surface area contributed by atoms with E-state index in [1.54, 1.807) is 0 Å². The molecule has 2 aliphatic carbocycles. The van der Waals surface area contributed by atoms with Gasteiger partial charge in [0.25, 0.3) is 0 Å². The van der Waals surface area contributed by atoms with Gasteiger partial charge < -0.3 is 14.3 Å². The van der Waals surface area contributed by atoms with Crippen molar-refractivity contribution in [1.29, 1.82) is 0 Å². The lowest BCUT2D eigenvalue weighted by molar-refractivity contribution is 0.332. The summed E-state index contributed by atoms with van der Waals surface area (Å²) in [6.07, 6.45) is 2.40. The average Bonchev–Trinajstić information content (AvgIpc) is 2.12. The summed E-state index contributed by atoms with van der Waals surface area (Å²) in [5.41, 5.74) is 32.4. The van der Waals surface area contributed by atoms with Crippen LogP contribution in [0, 0.1) is 13.8 Å². The van der Waals surface area contributed by atoms with Crippen molar-refractivity contribution < 1.29 is 0 Å². The van der Waals surface area contributed by atoms with Gasteiger partial charge in [0.15, 0.2) is 0 Å². The Balaban J connectivity index is 1.04. The second-order valence-electron chi connectivity index (χ2n) is 28.2. The summed E-state index contributed by atoms with van der Waals surface area (Å²) >= 11 is 0. The van der Waals surface area contributed by atoms with Gasteiger partial charge in [0, 0.05) is 67.3 Å². The van der Waals surface area contributed by atoms with E-state index in [1.807, 2.05) is 0 Å². The second-order valence-corrected chi connectivity index (χ2v) is 28.2. The monoisotopic (exact) mass is 1050 g/mol. The number of hydrogen-bond acceptors (Lipinski definition) is 2. The SMILES string of the molecule is Cc1cc2c3c(c1)N(c1ccc(-c4cc5c(cc4C)C(C)(C)CCC5(C)C)cc1)c1ccc(-c4ccccc4)cc1B3n1c3c(c4cc(N(c5ccc(C(C)(C)C)cc5)c5ccc(C(C)(C)C)cc5)cc-2c41)-c1ccccc1C3(C)C. The Morgan fingerprint density at radius 1 is 0.469 bits per heavy atom. The van der Waals surface area contributed by atoms with Crippen LogP contribution in [0.5, 0.6) is 0 Å². The van der Waals surface area contributed by atoms with E-state index in [1.165, 1.54) is 135 Å². The molecule has 0 atom stereocenters. The van der Waals surface area contributed by atoms with Gasteiger partial charge in [0.2, 0.25) is 0 Å². The number of aryl methyl sites for hydroxylation is 2. The van der Waals surface area contributed by atoms with Crippen LogP contribution in [0.3, 0.4) is 0 Å². The quantitative estimate of drug-likeness (QED) is 0.154. The second kappa shape index (κ2) is 17.6. The van der Waals surface area contributed by atoms with E-state index in [0.717, 1.165) is 22.7 Å². The molecule has 0 N–H and O–H groups in total. The molecule has 0 spiro atoms. The summed E-state index contributed by atoms with van der Waals surface area (Å²) in [5, 5.41) is 1.30. The van der Waals surface area contributed by atoms with Gasteiger partial charge >= 0.3 is 6.85 Å². The van der Waals surface area contributed by atoms with Crippen molar-refractivity contribution in [3.05, 3.63) is 227 Å². The van der Waals surface area contributed by atoms with E-state index in [-0.39, 0.29) is 33.9 Å². The minimum Gasteiger partial charge on any atom is -0.378 e. The molecule has 4 heteroatoms. The van der Waals surface area contributed by atoms with E-state index in [9.17, 15) is 0 Å². The highest BCUT2D eigenvalue weighted by Gasteiger charge is 2.49. The maximum absolute atomic E-state index is 2.82. The van der Waals surface area contributed by atoms with Gasteiger partial charge in [0.05, 0.1) is 0 Å². The fraction of sp³-hybridized carbons (Fsp3) is 0.273. The molecule has 9 aromatic carbocycles. The fourth-order valence-electron chi connectivity index (χ4n) is 14.9. The van der Waals surface area contributed by atoms with E-state index < -0.39 is 0 Å². The highest BCUT2D eigenvalue weighted by molar-refractivity contribution is 6.89. The van der Waals surface area contributed by atoms with Crippen LogP contribution in [0.2, 0.25) is 0 Å². The molecule has 0 saturated carbocycles. The molecule has 3 nitrogen and oxygen atoms in total. The Labute approximate surface area is 482 Å². The summed E-state index contributed by atoms with van der Waals surface area (Å²) in [6, 6.07) is 70.9. The highest BCUT2D eigenvalue weighted by Crippen LogP contribution is 2.58. The Kier molecular flexibility index (Phi) is 11.2. The topological polar surface area (TPSA) is 11.4 Å². The molecular formula is C77H76BN3. The molecule has 0 saturated heterocycles. The number of benzene rings is 9. The van der Waals surface area contributed by atoms with Crippen LogP contribution in [-0.4, -0.2) is 11.3 Å². The van der Waals surface area contributed by atoms with Crippen LogP contribution in [0.4, 0.5) is 34.1 Å². The highest BCUT2D eigenvalue weighted by atomic mass is 15.2. The minimum atomic E-state index is -0.292. The average molecular weight is 1050 g/mol. The molecule has 0 fully saturated rings. The fourth-order valence-corrected chi connectivity index (χ4v) is 14.9. The van der Waals surface area contributed by atoms with Gasteiger partial charge in [-0.3, -0.25) is 0 Å². The lowest BCUT2D eigenvalue weighted by atomic mass is 9.44. The molecule has 0 unspecified atom stereocenters. The van der Waals surface area contributed by atoms with E-state index in [0.29, 0.717) is 0 Å². The van der Waals surface area contributed by atoms with Crippen LogP contribution < -0.4 is 20.7 Å². The first kappa shape index (κ1) is 51.3. The molecule has 3 heterocycles. The van der Waals surface area contributed by atoms with Crippen molar-refractivity contribution in [2.45, 2.75) is 137 Å². The van der Waals surface area contributed by atoms with Crippen LogP contribution >= 0.6 is 0 Å². The Morgan fingerprint density at radius 2 is 1.06 bits per heavy atom. The summed E-state index contributed by atoms with van der Waals surface area (Å²) in [7, 11) is 0. The smallest absolute Gasteiger partial charge is 0.332 e. The molecule has 0 amide bonds. The zero-order valence-corrected chi connectivity index (χ0v) is 50.2. The molecule has 402 valence electrons. The number of hydrogen-bond donors (Lipinski definition) is 0. The van der Waals surface area contributed by atoms with E-state index in [2.05, 4.69) is 293 Å². The predicted molar refractivity (Wildman–Crippen MR) is 348 cm³/mol. The first-order valence-electron chi connectivity index (χ1n) is 29.7. The summed E-state index contributed by atoms with van der Waals surface area (Å²) < 4.78 is 2.82. The zero-order valence-electron chi connectivity index (χ0n) is 50.2. The lowest BCUT2D eigenvalue weighted by Crippen LogP contribution is -2.57. The molecular weight excluding hydrogens is 978 g/mol. The molecule has 10 aromatic rings. The minimum absolute atomic E-state index is 0.0250. The molecule has 0 bridgehead atoms. The van der Waals surface area contributed by atoms with E-state index in [4.69, 9.17) is 0 Å². The molecule has 1 aromatic heterocycles. The Hall–Kier alpha value is -7.82. The normalized spacial score (nSPS) is 15.9. The maximum atomic E-state index is 2.82. The third-order valence-corrected chi connectivity index (χ3v) is 19.5. The van der Waals surface area contributed by atoms with Crippen LogP contribution in [0.25, 0.3) is 55.4 Å². The Bertz CT molecular complexity index is 4150. The predicted octanol–water partition coefficient (Wildman–Crippen LogP) is 19.7. The first-order valence-corrected chi connectivity index (χ1v) is 29.7. The van der Waals surface area contributed by atoms with Gasteiger partial charge in [-0.25, -0.2) is 0 Å². The number of fused-ring (bicyclic) bond motifs is 10. The number of rotatable bonds is 6. The summed E-state index contributed by atoms with van der Waals surface area (Å²) in [5.74, 6) is 0. The largest absolute Gasteiger partial charge is 0.378 e. The van der Waals surface area contributed by atoms with Gasteiger partial charge in [-0.2, -0.15) is 0 Å². The first-order chi connectivity index (χ1) is 38.5. The summed E-state index contributed by atoms with van der Waals surface area (Å²) in [4.78, 5) is 5.11. The molecule has 0 radical (unpaired) electrons. The zero-order chi connectivity index (χ0) is 56.4. The number of anilines is 6. The molecule has 14 rings (SSSR count). The van der Waals surface area contributed by atoms with Gasteiger partial charge in [0.1, 0.15) is 0 Å². The standard InChI is InChI=1S/C77H76BN3/c1-47-40-60-61-44-57(79(54-33-27-52(28-34-54)73(3,4)5)55-35-29-53(30-36-55)74(6,7)8)45-62-69-58-22-18-19-23-63(58)77(13,14)72(69)81(71(61)62)78-66-43-51(49-20-16-15-17-21-49)26-37-67(66)80(68(41-47)70(60)78)56-31-24-50(25-32-56)59-46-65-64(42-48(59)2)75(9,10)38-39-76(65,11)12/h15-37,40-46H,38-39H2,1-14H3. The van der Waals surface area contributed by atoms with Gasteiger partial charge in [-0.15, -0.1) is 0 Å². The van der Waals surface area contributed by atoms with Crippen molar-refractivity contribution >= 4 is 62.8 Å².